The van der Waals surface area contributed by atoms with Crippen molar-refractivity contribution in [1.29, 1.82) is 0 Å². The Kier molecular flexibility index (Phi) is 7.57. The highest BCUT2D eigenvalue weighted by molar-refractivity contribution is 7.14. The van der Waals surface area contributed by atoms with Gasteiger partial charge in [0.15, 0.2) is 5.13 Å². The molecule has 0 unspecified atom stereocenters. The fourth-order valence-corrected chi connectivity index (χ4v) is 3.66. The molecule has 2 amide bonds. The number of nitrogens with zero attached hydrogens (tertiary/aromatic N) is 1. The number of para-hydroxylation sites is 1. The van der Waals surface area contributed by atoms with Crippen LogP contribution < -0.4 is 15.4 Å². The Labute approximate surface area is 180 Å². The minimum Gasteiger partial charge on any atom is -0.494 e. The van der Waals surface area contributed by atoms with E-state index in [4.69, 9.17) is 4.74 Å². The summed E-state index contributed by atoms with van der Waals surface area (Å²) in [5.74, 6) is 0.694. The molecule has 0 aliphatic carbocycles. The van der Waals surface area contributed by atoms with E-state index in [0.29, 0.717) is 31.1 Å². The van der Waals surface area contributed by atoms with Crippen molar-refractivity contribution >= 4 is 28.3 Å². The summed E-state index contributed by atoms with van der Waals surface area (Å²) in [6, 6.07) is 15.6. The molecule has 0 spiro atoms. The molecule has 1 aromatic heterocycles. The number of rotatable bonds is 9. The van der Waals surface area contributed by atoms with Gasteiger partial charge in [-0.25, -0.2) is 4.98 Å². The van der Waals surface area contributed by atoms with E-state index in [0.717, 1.165) is 28.1 Å². The molecule has 156 valence electrons. The van der Waals surface area contributed by atoms with Crippen molar-refractivity contribution in [1.82, 2.24) is 10.3 Å². The normalized spacial score (nSPS) is 10.5. The Hall–Kier alpha value is -3.19. The minimum absolute atomic E-state index is 0.0552. The molecule has 3 rings (SSSR count). The van der Waals surface area contributed by atoms with Gasteiger partial charge in [0.25, 0.3) is 0 Å². The van der Waals surface area contributed by atoms with Crippen LogP contribution >= 0.6 is 11.3 Å². The second kappa shape index (κ2) is 10.5. The summed E-state index contributed by atoms with van der Waals surface area (Å²) in [4.78, 5) is 27.9. The molecule has 30 heavy (non-hydrogen) atoms. The minimum atomic E-state index is -0.0761. The average molecular weight is 424 g/mol. The van der Waals surface area contributed by atoms with Crippen LogP contribution in [0.3, 0.4) is 0 Å². The Morgan fingerprint density at radius 3 is 2.60 bits per heavy atom. The van der Waals surface area contributed by atoms with Crippen molar-refractivity contribution in [3.8, 4) is 17.0 Å². The molecular weight excluding hydrogens is 398 g/mol. The monoisotopic (exact) mass is 423 g/mol. The van der Waals surface area contributed by atoms with E-state index in [-0.39, 0.29) is 11.8 Å². The van der Waals surface area contributed by atoms with Gasteiger partial charge in [-0.2, -0.15) is 0 Å². The van der Waals surface area contributed by atoms with Crippen molar-refractivity contribution in [2.45, 2.75) is 33.2 Å². The molecule has 0 bridgehead atoms. The molecule has 1 heterocycles. The molecule has 3 aromatic rings. The number of thiazole rings is 1. The maximum absolute atomic E-state index is 12.4. The van der Waals surface area contributed by atoms with Gasteiger partial charge in [-0.15, -0.1) is 11.3 Å². The fraction of sp³-hybridized carbons (Fsp3) is 0.261. The number of ether oxygens (including phenoxy) is 1. The number of anilines is 1. The SMILES string of the molecule is CCOc1ccccc1CCC(=O)Nc1nc(-c2ccc(CNC(C)=O)cc2)cs1. The van der Waals surface area contributed by atoms with Gasteiger partial charge in [-0.1, -0.05) is 42.5 Å². The Bertz CT molecular complexity index is 999. The first kappa shape index (κ1) is 21.5. The van der Waals surface area contributed by atoms with Crippen molar-refractivity contribution in [3.05, 3.63) is 65.0 Å². The first-order valence-corrected chi connectivity index (χ1v) is 10.7. The van der Waals surface area contributed by atoms with Gasteiger partial charge >= 0.3 is 0 Å². The molecule has 6 nitrogen and oxygen atoms in total. The van der Waals surface area contributed by atoms with Crippen LogP contribution in [0.2, 0.25) is 0 Å². The van der Waals surface area contributed by atoms with E-state index in [2.05, 4.69) is 15.6 Å². The zero-order valence-corrected chi connectivity index (χ0v) is 17.9. The Morgan fingerprint density at radius 2 is 1.87 bits per heavy atom. The summed E-state index contributed by atoms with van der Waals surface area (Å²) in [5.41, 5.74) is 3.81. The molecular formula is C23H25N3O3S. The number of amides is 2. The van der Waals surface area contributed by atoms with Crippen LogP contribution in [0.4, 0.5) is 5.13 Å². The predicted octanol–water partition coefficient (Wildman–Crippen LogP) is 4.42. The van der Waals surface area contributed by atoms with E-state index in [1.165, 1.54) is 18.3 Å². The van der Waals surface area contributed by atoms with Gasteiger partial charge < -0.3 is 15.4 Å². The van der Waals surface area contributed by atoms with Gasteiger partial charge in [0.1, 0.15) is 5.75 Å². The van der Waals surface area contributed by atoms with Crippen molar-refractivity contribution in [2.75, 3.05) is 11.9 Å². The fourth-order valence-electron chi connectivity index (χ4n) is 2.92. The topological polar surface area (TPSA) is 80.3 Å². The lowest BCUT2D eigenvalue weighted by Gasteiger charge is -2.09. The summed E-state index contributed by atoms with van der Waals surface area (Å²) < 4.78 is 5.61. The highest BCUT2D eigenvalue weighted by Gasteiger charge is 2.10. The number of benzene rings is 2. The van der Waals surface area contributed by atoms with Crippen LogP contribution in [0.5, 0.6) is 5.75 Å². The van der Waals surface area contributed by atoms with Gasteiger partial charge in [0, 0.05) is 30.8 Å². The predicted molar refractivity (Wildman–Crippen MR) is 120 cm³/mol. The van der Waals surface area contributed by atoms with E-state index < -0.39 is 0 Å². The molecule has 0 aliphatic heterocycles. The molecule has 0 atom stereocenters. The largest absolute Gasteiger partial charge is 0.494 e. The van der Waals surface area contributed by atoms with E-state index in [1.54, 1.807) is 0 Å². The van der Waals surface area contributed by atoms with Crippen molar-refractivity contribution < 1.29 is 14.3 Å². The third-order valence-corrected chi connectivity index (χ3v) is 5.19. The molecule has 7 heteroatoms. The second-order valence-corrected chi connectivity index (χ2v) is 7.59. The molecule has 2 N–H and O–H groups in total. The van der Waals surface area contributed by atoms with Crippen LogP contribution in [0.1, 0.15) is 31.4 Å². The number of carbonyl (C=O) groups is 2. The number of carbonyl (C=O) groups excluding carboxylic acids is 2. The van der Waals surface area contributed by atoms with Crippen LogP contribution in [0, 0.1) is 0 Å². The van der Waals surface area contributed by atoms with E-state index in [9.17, 15) is 9.59 Å². The Morgan fingerprint density at radius 1 is 1.10 bits per heavy atom. The average Bonchev–Trinajstić information content (AvgIpc) is 3.20. The van der Waals surface area contributed by atoms with Gasteiger partial charge in [0.2, 0.25) is 11.8 Å². The maximum Gasteiger partial charge on any atom is 0.226 e. The lowest BCUT2D eigenvalue weighted by atomic mass is 10.1. The summed E-state index contributed by atoms with van der Waals surface area (Å²) >= 11 is 1.40. The van der Waals surface area contributed by atoms with Crippen LogP contribution in [-0.4, -0.2) is 23.4 Å². The highest BCUT2D eigenvalue weighted by atomic mass is 32.1. The first-order chi connectivity index (χ1) is 14.5. The molecule has 2 aromatic carbocycles. The van der Waals surface area contributed by atoms with Crippen molar-refractivity contribution in [3.63, 3.8) is 0 Å². The van der Waals surface area contributed by atoms with Crippen LogP contribution in [0.25, 0.3) is 11.3 Å². The number of aromatic nitrogens is 1. The van der Waals surface area contributed by atoms with Gasteiger partial charge in [0.05, 0.1) is 12.3 Å². The molecule has 0 aliphatic rings. The summed E-state index contributed by atoms with van der Waals surface area (Å²) in [7, 11) is 0. The number of aryl methyl sites for hydroxylation is 1. The maximum atomic E-state index is 12.4. The lowest BCUT2D eigenvalue weighted by molar-refractivity contribution is -0.119. The lowest BCUT2D eigenvalue weighted by Crippen LogP contribution is -2.18. The van der Waals surface area contributed by atoms with Crippen LogP contribution in [0.15, 0.2) is 53.9 Å². The van der Waals surface area contributed by atoms with Gasteiger partial charge in [-0.3, -0.25) is 9.59 Å². The molecule has 0 saturated heterocycles. The molecule has 0 saturated carbocycles. The zero-order chi connectivity index (χ0) is 21.3. The molecule has 0 fully saturated rings. The highest BCUT2D eigenvalue weighted by Crippen LogP contribution is 2.26. The van der Waals surface area contributed by atoms with E-state index in [1.807, 2.05) is 60.8 Å². The number of nitrogens with one attached hydrogen (secondary N) is 2. The van der Waals surface area contributed by atoms with Crippen LogP contribution in [-0.2, 0) is 22.6 Å². The second-order valence-electron chi connectivity index (χ2n) is 6.73. The number of hydrogen-bond donors (Lipinski definition) is 2. The summed E-state index contributed by atoms with van der Waals surface area (Å²) in [5, 5.41) is 8.15. The third-order valence-electron chi connectivity index (χ3n) is 4.44. The quantitative estimate of drug-likeness (QED) is 0.534. The smallest absolute Gasteiger partial charge is 0.226 e. The summed E-state index contributed by atoms with van der Waals surface area (Å²) in [6.45, 7) is 4.54. The first-order valence-electron chi connectivity index (χ1n) is 9.85. The van der Waals surface area contributed by atoms with Gasteiger partial charge in [-0.05, 0) is 30.5 Å². The Balaban J connectivity index is 1.55. The molecule has 0 radical (unpaired) electrons. The number of hydrogen-bond acceptors (Lipinski definition) is 5. The van der Waals surface area contributed by atoms with Crippen molar-refractivity contribution in [2.24, 2.45) is 0 Å². The summed E-state index contributed by atoms with van der Waals surface area (Å²) in [6.07, 6.45) is 0.965. The standard InChI is InChI=1S/C23H25N3O3S/c1-3-29-21-7-5-4-6-19(21)12-13-22(28)26-23-25-20(15-30-23)18-10-8-17(9-11-18)14-24-16(2)27/h4-11,15H,3,12-14H2,1-2H3,(H,24,27)(H,25,26,28). The van der Waals surface area contributed by atoms with E-state index >= 15 is 0 Å². The zero-order valence-electron chi connectivity index (χ0n) is 17.1. The third kappa shape index (κ3) is 6.15.